The highest BCUT2D eigenvalue weighted by Gasteiger charge is 2.17. The van der Waals surface area contributed by atoms with Crippen molar-refractivity contribution in [1.82, 2.24) is 10.0 Å². The molecule has 0 spiro atoms. The van der Waals surface area contributed by atoms with Crippen molar-refractivity contribution in [3.05, 3.63) is 30.3 Å². The predicted molar refractivity (Wildman–Crippen MR) is 70.9 cm³/mol. The Balaban J connectivity index is 2.51. The molecular formula is C12H18N2O4S. The van der Waals surface area contributed by atoms with Crippen LogP contribution in [0.1, 0.15) is 13.8 Å². The number of amides is 1. The molecule has 1 aromatic carbocycles. The van der Waals surface area contributed by atoms with Crippen molar-refractivity contribution >= 4 is 15.9 Å². The number of carbonyl (C=O) groups is 1. The minimum atomic E-state index is -3.68. The van der Waals surface area contributed by atoms with E-state index in [4.69, 9.17) is 0 Å². The van der Waals surface area contributed by atoms with E-state index < -0.39 is 21.5 Å². The van der Waals surface area contributed by atoms with Crippen LogP contribution in [-0.2, 0) is 14.8 Å². The number of carbonyl (C=O) groups excluding carboxylic acids is 1. The molecule has 106 valence electrons. The number of nitrogens with one attached hydrogen (secondary N) is 2. The zero-order valence-corrected chi connectivity index (χ0v) is 11.7. The summed E-state index contributed by atoms with van der Waals surface area (Å²) in [6, 6.07) is 7.79. The van der Waals surface area contributed by atoms with Crippen LogP contribution in [0.3, 0.4) is 0 Å². The monoisotopic (exact) mass is 286 g/mol. The lowest BCUT2D eigenvalue weighted by atomic mass is 10.1. The van der Waals surface area contributed by atoms with Gasteiger partial charge in [0.2, 0.25) is 15.9 Å². The number of benzene rings is 1. The number of aliphatic hydroxyl groups is 1. The molecule has 0 bridgehead atoms. The lowest BCUT2D eigenvalue weighted by Crippen LogP contribution is -2.43. The molecule has 1 aromatic rings. The summed E-state index contributed by atoms with van der Waals surface area (Å²) in [6.07, 6.45) is 0. The van der Waals surface area contributed by atoms with E-state index in [1.807, 2.05) is 0 Å². The molecule has 3 N–H and O–H groups in total. The summed E-state index contributed by atoms with van der Waals surface area (Å²) in [5.41, 5.74) is -1.03. The van der Waals surface area contributed by atoms with Gasteiger partial charge in [0.25, 0.3) is 0 Å². The maximum atomic E-state index is 11.8. The molecule has 0 saturated heterocycles. The summed E-state index contributed by atoms with van der Waals surface area (Å²) < 4.78 is 25.8. The number of sulfonamides is 1. The fourth-order valence-electron chi connectivity index (χ4n) is 1.22. The van der Waals surface area contributed by atoms with Crippen LogP contribution in [0.15, 0.2) is 35.2 Å². The normalized spacial score (nSPS) is 12.2. The van der Waals surface area contributed by atoms with Gasteiger partial charge < -0.3 is 10.4 Å². The highest BCUT2D eigenvalue weighted by molar-refractivity contribution is 7.89. The first kappa shape index (κ1) is 15.6. The molecule has 0 aliphatic rings. The summed E-state index contributed by atoms with van der Waals surface area (Å²) in [4.78, 5) is 11.5. The Labute approximate surface area is 112 Å². The number of hydrogen-bond donors (Lipinski definition) is 3. The average Bonchev–Trinajstić information content (AvgIpc) is 2.34. The van der Waals surface area contributed by atoms with Gasteiger partial charge in [0.1, 0.15) is 0 Å². The fraction of sp³-hybridized carbons (Fsp3) is 0.417. The number of hydrogen-bond acceptors (Lipinski definition) is 4. The molecule has 7 heteroatoms. The Morgan fingerprint density at radius 3 is 2.37 bits per heavy atom. The average molecular weight is 286 g/mol. The van der Waals surface area contributed by atoms with E-state index >= 15 is 0 Å². The van der Waals surface area contributed by atoms with Gasteiger partial charge in [0.15, 0.2) is 0 Å². The van der Waals surface area contributed by atoms with Gasteiger partial charge in [-0.25, -0.2) is 13.1 Å². The Hall–Kier alpha value is -1.44. The second-order valence-corrected chi connectivity index (χ2v) is 6.49. The van der Waals surface area contributed by atoms with E-state index in [9.17, 15) is 18.3 Å². The first-order valence-corrected chi connectivity index (χ1v) is 7.23. The van der Waals surface area contributed by atoms with E-state index in [1.165, 1.54) is 12.1 Å². The molecule has 0 saturated carbocycles. The van der Waals surface area contributed by atoms with Crippen LogP contribution in [0.5, 0.6) is 0 Å². The smallest absolute Gasteiger partial charge is 0.241 e. The molecule has 0 aliphatic heterocycles. The van der Waals surface area contributed by atoms with Crippen LogP contribution in [0.25, 0.3) is 0 Å². The largest absolute Gasteiger partial charge is 0.389 e. The van der Waals surface area contributed by atoms with Crippen LogP contribution >= 0.6 is 0 Å². The first-order valence-electron chi connectivity index (χ1n) is 5.74. The van der Waals surface area contributed by atoms with E-state index in [-0.39, 0.29) is 18.0 Å². The molecule has 0 radical (unpaired) electrons. The van der Waals surface area contributed by atoms with Crippen LogP contribution < -0.4 is 10.0 Å². The van der Waals surface area contributed by atoms with Crippen molar-refractivity contribution < 1.29 is 18.3 Å². The lowest BCUT2D eigenvalue weighted by molar-refractivity contribution is -0.120. The summed E-state index contributed by atoms with van der Waals surface area (Å²) in [5, 5.41) is 11.9. The van der Waals surface area contributed by atoms with Crippen molar-refractivity contribution in [1.29, 1.82) is 0 Å². The third kappa shape index (κ3) is 5.82. The Bertz CT molecular complexity index is 520. The van der Waals surface area contributed by atoms with Gasteiger partial charge in [-0.05, 0) is 26.0 Å². The van der Waals surface area contributed by atoms with Gasteiger partial charge in [-0.15, -0.1) is 0 Å². The third-order valence-corrected chi connectivity index (χ3v) is 3.61. The maximum Gasteiger partial charge on any atom is 0.241 e. The second kappa shape index (κ2) is 6.14. The molecule has 19 heavy (non-hydrogen) atoms. The molecule has 0 atom stereocenters. The van der Waals surface area contributed by atoms with Gasteiger partial charge in [-0.1, -0.05) is 18.2 Å². The molecule has 0 heterocycles. The van der Waals surface area contributed by atoms with Crippen LogP contribution in [-0.4, -0.2) is 38.1 Å². The lowest BCUT2D eigenvalue weighted by Gasteiger charge is -2.17. The molecule has 1 amide bonds. The second-order valence-electron chi connectivity index (χ2n) is 4.73. The Kier molecular flexibility index (Phi) is 5.04. The highest BCUT2D eigenvalue weighted by Crippen LogP contribution is 2.06. The first-order chi connectivity index (χ1) is 8.71. The standard InChI is InChI=1S/C12H18N2O4S/c1-12(2,16)9-13-11(15)8-14-19(17,18)10-6-4-3-5-7-10/h3-7,14,16H,8-9H2,1-2H3,(H,13,15). The van der Waals surface area contributed by atoms with E-state index in [0.717, 1.165) is 0 Å². The quantitative estimate of drug-likeness (QED) is 0.678. The number of rotatable bonds is 6. The van der Waals surface area contributed by atoms with Gasteiger partial charge in [-0.2, -0.15) is 0 Å². The third-order valence-electron chi connectivity index (χ3n) is 2.19. The molecule has 0 aromatic heterocycles. The van der Waals surface area contributed by atoms with E-state index in [1.54, 1.807) is 32.0 Å². The van der Waals surface area contributed by atoms with Crippen molar-refractivity contribution in [3.8, 4) is 0 Å². The fourth-order valence-corrected chi connectivity index (χ4v) is 2.22. The van der Waals surface area contributed by atoms with Gasteiger partial charge >= 0.3 is 0 Å². The van der Waals surface area contributed by atoms with E-state index in [0.29, 0.717) is 0 Å². The van der Waals surface area contributed by atoms with E-state index in [2.05, 4.69) is 10.0 Å². The van der Waals surface area contributed by atoms with Crippen molar-refractivity contribution in [2.24, 2.45) is 0 Å². The summed E-state index contributed by atoms with van der Waals surface area (Å²) in [7, 11) is -3.68. The van der Waals surface area contributed by atoms with Crippen molar-refractivity contribution in [2.45, 2.75) is 24.3 Å². The van der Waals surface area contributed by atoms with Gasteiger partial charge in [0, 0.05) is 6.54 Å². The highest BCUT2D eigenvalue weighted by atomic mass is 32.2. The van der Waals surface area contributed by atoms with Crippen molar-refractivity contribution in [3.63, 3.8) is 0 Å². The molecule has 0 fully saturated rings. The topological polar surface area (TPSA) is 95.5 Å². The summed E-state index contributed by atoms with van der Waals surface area (Å²) in [5.74, 6) is -0.498. The molecule has 6 nitrogen and oxygen atoms in total. The molecule has 0 aliphatic carbocycles. The van der Waals surface area contributed by atoms with Crippen LogP contribution in [0.4, 0.5) is 0 Å². The Morgan fingerprint density at radius 1 is 1.26 bits per heavy atom. The zero-order valence-electron chi connectivity index (χ0n) is 10.9. The molecular weight excluding hydrogens is 268 g/mol. The van der Waals surface area contributed by atoms with Crippen LogP contribution in [0, 0.1) is 0 Å². The van der Waals surface area contributed by atoms with Crippen molar-refractivity contribution in [2.75, 3.05) is 13.1 Å². The van der Waals surface area contributed by atoms with Gasteiger partial charge in [-0.3, -0.25) is 4.79 Å². The minimum Gasteiger partial charge on any atom is -0.389 e. The summed E-state index contributed by atoms with van der Waals surface area (Å²) >= 11 is 0. The maximum absolute atomic E-state index is 11.8. The minimum absolute atomic E-state index is 0.0545. The van der Waals surface area contributed by atoms with Gasteiger partial charge in [0.05, 0.1) is 17.0 Å². The zero-order chi connectivity index (χ0) is 14.5. The van der Waals surface area contributed by atoms with Crippen LogP contribution in [0.2, 0.25) is 0 Å². The summed E-state index contributed by atoms with van der Waals surface area (Å²) in [6.45, 7) is 2.77. The SMILES string of the molecule is CC(C)(O)CNC(=O)CNS(=O)(=O)c1ccccc1. The molecule has 1 rings (SSSR count). The predicted octanol–water partition coefficient (Wildman–Crippen LogP) is -0.148. The Morgan fingerprint density at radius 2 is 1.84 bits per heavy atom. The molecule has 0 unspecified atom stereocenters.